The average molecular weight is 315 g/mol. The summed E-state index contributed by atoms with van der Waals surface area (Å²) in [6.45, 7) is 11.9. The molecule has 2 rings (SSSR count). The maximum Gasteiger partial charge on any atom is 0.338 e. The van der Waals surface area contributed by atoms with Gasteiger partial charge in [-0.2, -0.15) is 0 Å². The molecule has 0 aliphatic carbocycles. The molecule has 0 amide bonds. The molecule has 0 bridgehead atoms. The van der Waals surface area contributed by atoms with Gasteiger partial charge in [-0.3, -0.25) is 0 Å². The zero-order valence-corrected chi connectivity index (χ0v) is 14.2. The van der Waals surface area contributed by atoms with Crippen molar-refractivity contribution in [3.05, 3.63) is 61.5 Å². The number of rotatable bonds is 5. The van der Waals surface area contributed by atoms with Gasteiger partial charge in [0.15, 0.2) is 0 Å². The minimum Gasteiger partial charge on any atom is -0.387 e. The number of benzene rings is 1. The first-order chi connectivity index (χ1) is 11.0. The molecule has 125 valence electrons. The molecule has 23 heavy (non-hydrogen) atoms. The van der Waals surface area contributed by atoms with E-state index in [1.54, 1.807) is 0 Å². The van der Waals surface area contributed by atoms with Crippen LogP contribution in [0, 0.1) is 12.8 Å². The summed E-state index contributed by atoms with van der Waals surface area (Å²) in [5, 5.41) is 0. The van der Waals surface area contributed by atoms with Crippen molar-refractivity contribution in [3.63, 3.8) is 0 Å². The number of cyclic esters (lactones) is 2. The fraction of sp³-hybridized carbons (Fsp3) is 0.350. The molecular weight excluding hydrogens is 288 g/mol. The Bertz CT molecular complexity index is 471. The van der Waals surface area contributed by atoms with Crippen molar-refractivity contribution in [3.8, 4) is 0 Å². The maximum absolute atomic E-state index is 9.92. The summed E-state index contributed by atoms with van der Waals surface area (Å²) in [5.74, 6) is -0.281. The molecule has 1 heterocycles. The van der Waals surface area contributed by atoms with E-state index in [-0.39, 0.29) is 0 Å². The number of hydrogen-bond donors (Lipinski definition) is 0. The van der Waals surface area contributed by atoms with Crippen LogP contribution in [-0.2, 0) is 14.3 Å². The van der Waals surface area contributed by atoms with E-state index in [9.17, 15) is 9.59 Å². The molecule has 1 radical (unpaired) electrons. The van der Waals surface area contributed by atoms with E-state index in [0.29, 0.717) is 0 Å². The van der Waals surface area contributed by atoms with Crippen LogP contribution in [0.15, 0.2) is 49.1 Å². The summed E-state index contributed by atoms with van der Waals surface area (Å²) in [4.78, 5) is 19.8. The fourth-order valence-corrected chi connectivity index (χ4v) is 1.62. The molecule has 0 saturated heterocycles. The predicted octanol–water partition coefficient (Wildman–Crippen LogP) is 4.99. The monoisotopic (exact) mass is 315 g/mol. The van der Waals surface area contributed by atoms with E-state index in [1.165, 1.54) is 24.8 Å². The molecule has 0 N–H and O–H groups in total. The first-order valence-corrected chi connectivity index (χ1v) is 7.90. The first-order valence-electron chi connectivity index (χ1n) is 7.90. The molecule has 3 nitrogen and oxygen atoms in total. The summed E-state index contributed by atoms with van der Waals surface area (Å²) in [6, 6.07) is 10.0. The van der Waals surface area contributed by atoms with Crippen molar-refractivity contribution < 1.29 is 14.3 Å². The molecule has 0 unspecified atom stereocenters. The van der Waals surface area contributed by atoms with Crippen LogP contribution in [0.5, 0.6) is 0 Å². The van der Waals surface area contributed by atoms with E-state index >= 15 is 0 Å². The highest BCUT2D eigenvalue weighted by Gasteiger charge is 2.10. The zero-order chi connectivity index (χ0) is 17.5. The molecule has 1 aliphatic heterocycles. The lowest BCUT2D eigenvalue weighted by Gasteiger charge is -2.00. The molecule has 3 heteroatoms. The average Bonchev–Trinajstić information content (AvgIpc) is 2.92. The molecule has 0 fully saturated rings. The third-order valence-corrected chi connectivity index (χ3v) is 2.87. The lowest BCUT2D eigenvalue weighted by atomic mass is 10.1. The van der Waals surface area contributed by atoms with Crippen molar-refractivity contribution in [1.29, 1.82) is 0 Å². The van der Waals surface area contributed by atoms with Crippen molar-refractivity contribution in [2.75, 3.05) is 0 Å². The molecule has 1 aromatic carbocycles. The number of unbranched alkanes of at least 4 members (excludes halogenated alkanes) is 2. The van der Waals surface area contributed by atoms with Gasteiger partial charge in [-0.25, -0.2) is 9.59 Å². The van der Waals surface area contributed by atoms with Crippen LogP contribution >= 0.6 is 0 Å². The van der Waals surface area contributed by atoms with Crippen molar-refractivity contribution in [2.45, 2.75) is 39.5 Å². The van der Waals surface area contributed by atoms with E-state index in [1.807, 2.05) is 36.4 Å². The predicted molar refractivity (Wildman–Crippen MR) is 95.4 cm³/mol. The van der Waals surface area contributed by atoms with Gasteiger partial charge in [0.25, 0.3) is 0 Å². The van der Waals surface area contributed by atoms with Crippen LogP contribution in [0.2, 0.25) is 0 Å². The Hall–Kier alpha value is -2.16. The normalized spacial score (nSPS) is 12.0. The second-order valence-electron chi connectivity index (χ2n) is 5.43. The third-order valence-electron chi connectivity index (χ3n) is 2.87. The maximum atomic E-state index is 9.92. The van der Waals surface area contributed by atoms with Crippen LogP contribution in [0.25, 0.3) is 6.08 Å². The number of carbonyl (C=O) groups excluding carboxylic acids is 2. The summed E-state index contributed by atoms with van der Waals surface area (Å²) in [5.41, 5.74) is 1.17. The standard InChI is InChI=1S/C8H8.C8H17.C4H2O3/c1-2-8-6-4-3-5-7-8;1-4-5-6-7-8(2)3;5-3-1-2-4(6)7-3/h2-7H,1H2;8H,1,4-7H2,2-3H3;1-2H. The van der Waals surface area contributed by atoms with Crippen LogP contribution in [0.4, 0.5) is 0 Å². The van der Waals surface area contributed by atoms with E-state index in [0.717, 1.165) is 24.5 Å². The fourth-order valence-electron chi connectivity index (χ4n) is 1.62. The number of esters is 2. The van der Waals surface area contributed by atoms with Gasteiger partial charge >= 0.3 is 11.9 Å². The topological polar surface area (TPSA) is 43.4 Å². The van der Waals surface area contributed by atoms with E-state index in [2.05, 4.69) is 32.1 Å². The smallest absolute Gasteiger partial charge is 0.338 e. The molecule has 0 saturated carbocycles. The Balaban J connectivity index is 0.000000316. The minimum atomic E-state index is -0.579. The highest BCUT2D eigenvalue weighted by atomic mass is 16.6. The van der Waals surface area contributed by atoms with Gasteiger partial charge in [-0.05, 0) is 11.5 Å². The second-order valence-corrected chi connectivity index (χ2v) is 5.43. The van der Waals surface area contributed by atoms with Gasteiger partial charge in [0.1, 0.15) is 0 Å². The molecular formula is C20H27O3. The molecule has 0 spiro atoms. The number of hydrogen-bond acceptors (Lipinski definition) is 3. The molecule has 1 aromatic rings. The Morgan fingerprint density at radius 3 is 1.91 bits per heavy atom. The minimum absolute atomic E-state index is 0.579. The molecule has 0 aromatic heterocycles. The highest BCUT2D eigenvalue weighted by molar-refractivity contribution is 6.04. The molecule has 1 aliphatic rings. The quantitative estimate of drug-likeness (QED) is 0.436. The van der Waals surface area contributed by atoms with Crippen molar-refractivity contribution >= 4 is 18.0 Å². The summed E-state index contributed by atoms with van der Waals surface area (Å²) >= 11 is 0. The first kappa shape index (κ1) is 20.8. The lowest BCUT2D eigenvalue weighted by Crippen LogP contribution is -1.96. The van der Waals surface area contributed by atoms with Gasteiger partial charge in [0.2, 0.25) is 0 Å². The van der Waals surface area contributed by atoms with Gasteiger partial charge in [-0.1, -0.05) is 89.4 Å². The van der Waals surface area contributed by atoms with Crippen LogP contribution < -0.4 is 0 Å². The van der Waals surface area contributed by atoms with Gasteiger partial charge in [-0.15, -0.1) is 0 Å². The van der Waals surface area contributed by atoms with E-state index in [4.69, 9.17) is 0 Å². The van der Waals surface area contributed by atoms with E-state index < -0.39 is 11.9 Å². The van der Waals surface area contributed by atoms with Gasteiger partial charge in [0, 0.05) is 12.2 Å². The van der Waals surface area contributed by atoms with Crippen LogP contribution in [0.1, 0.15) is 45.1 Å². The highest BCUT2D eigenvalue weighted by Crippen LogP contribution is 2.06. The summed E-state index contributed by atoms with van der Waals surface area (Å²) in [6.07, 6.45) is 9.15. The van der Waals surface area contributed by atoms with Crippen molar-refractivity contribution in [1.82, 2.24) is 0 Å². The number of carbonyl (C=O) groups is 2. The van der Waals surface area contributed by atoms with Crippen molar-refractivity contribution in [2.24, 2.45) is 5.92 Å². The number of ether oxygens (including phenoxy) is 1. The Morgan fingerprint density at radius 2 is 1.61 bits per heavy atom. The third kappa shape index (κ3) is 13.2. The SMILES string of the molecule is C=Cc1ccccc1.O=C1C=CC(=O)O1.[CH2]CCCCC(C)C. The summed E-state index contributed by atoms with van der Waals surface area (Å²) < 4.78 is 3.97. The largest absolute Gasteiger partial charge is 0.387 e. The lowest BCUT2D eigenvalue weighted by molar-refractivity contribution is -0.150. The molecule has 0 atom stereocenters. The zero-order valence-electron chi connectivity index (χ0n) is 14.2. The summed E-state index contributed by atoms with van der Waals surface area (Å²) in [7, 11) is 0. The second kappa shape index (κ2) is 13.5. The Labute approximate surface area is 140 Å². The van der Waals surface area contributed by atoms with Crippen LogP contribution in [0.3, 0.4) is 0 Å². The van der Waals surface area contributed by atoms with Gasteiger partial charge in [0.05, 0.1) is 0 Å². The van der Waals surface area contributed by atoms with Gasteiger partial charge < -0.3 is 4.74 Å². The Kier molecular flexibility index (Phi) is 12.2. The Morgan fingerprint density at radius 1 is 1.04 bits per heavy atom. The van der Waals surface area contributed by atoms with Crippen LogP contribution in [-0.4, -0.2) is 11.9 Å².